The summed E-state index contributed by atoms with van der Waals surface area (Å²) in [6, 6.07) is 4.80. The predicted octanol–water partition coefficient (Wildman–Crippen LogP) is 1.93. The number of ether oxygens (including phenoxy) is 1. The van der Waals surface area contributed by atoms with Crippen LogP contribution >= 0.6 is 0 Å². The third-order valence-electron chi connectivity index (χ3n) is 3.87. The minimum atomic E-state index is 0.0606. The summed E-state index contributed by atoms with van der Waals surface area (Å²) in [6.45, 7) is 7.53. The number of hydrogen-bond acceptors (Lipinski definition) is 4. The highest BCUT2D eigenvalue weighted by Crippen LogP contribution is 2.20. The zero-order valence-electron chi connectivity index (χ0n) is 11.8. The molecular weight excluding hydrogens is 226 g/mol. The summed E-state index contributed by atoms with van der Waals surface area (Å²) in [5.41, 5.74) is 2.20. The molecule has 0 N–H and O–H groups in total. The summed E-state index contributed by atoms with van der Waals surface area (Å²) in [7, 11) is 3.89. The van der Waals surface area contributed by atoms with Crippen LogP contribution in [-0.4, -0.2) is 49.7 Å². The first-order valence-corrected chi connectivity index (χ1v) is 6.55. The van der Waals surface area contributed by atoms with Crippen molar-refractivity contribution in [3.05, 3.63) is 24.0 Å². The number of rotatable bonds is 3. The summed E-state index contributed by atoms with van der Waals surface area (Å²) in [6.07, 6.45) is 2.02. The number of hydrogen-bond donors (Lipinski definition) is 0. The van der Waals surface area contributed by atoms with E-state index < -0.39 is 0 Å². The molecular formula is C14H23N3O. The van der Waals surface area contributed by atoms with Gasteiger partial charge in [-0.25, -0.2) is 0 Å². The van der Waals surface area contributed by atoms with Crippen LogP contribution in [0.1, 0.15) is 25.6 Å². The van der Waals surface area contributed by atoms with Crippen LogP contribution in [0.25, 0.3) is 0 Å². The first-order chi connectivity index (χ1) is 8.61. The summed E-state index contributed by atoms with van der Waals surface area (Å²) in [4.78, 5) is 9.28. The van der Waals surface area contributed by atoms with E-state index in [0.29, 0.717) is 6.04 Å². The van der Waals surface area contributed by atoms with Gasteiger partial charge >= 0.3 is 0 Å². The van der Waals surface area contributed by atoms with Gasteiger partial charge in [-0.3, -0.25) is 4.98 Å². The van der Waals surface area contributed by atoms with E-state index in [4.69, 9.17) is 4.74 Å². The van der Waals surface area contributed by atoms with Gasteiger partial charge in [0.25, 0.3) is 0 Å². The van der Waals surface area contributed by atoms with Gasteiger partial charge in [0.1, 0.15) is 0 Å². The van der Waals surface area contributed by atoms with Crippen LogP contribution in [0.3, 0.4) is 0 Å². The molecule has 0 amide bonds. The Kier molecular flexibility index (Phi) is 4.19. The number of anilines is 1. The van der Waals surface area contributed by atoms with Crippen LogP contribution in [0.4, 0.5) is 5.69 Å². The van der Waals surface area contributed by atoms with Crippen LogP contribution < -0.4 is 4.90 Å². The third kappa shape index (κ3) is 2.82. The fraction of sp³-hybridized carbons (Fsp3) is 0.643. The van der Waals surface area contributed by atoms with Crippen molar-refractivity contribution in [2.75, 3.05) is 38.7 Å². The van der Waals surface area contributed by atoms with Gasteiger partial charge in [0, 0.05) is 32.8 Å². The van der Waals surface area contributed by atoms with Crippen molar-refractivity contribution >= 4 is 5.69 Å². The second kappa shape index (κ2) is 5.67. The van der Waals surface area contributed by atoms with Gasteiger partial charge in [-0.2, -0.15) is 0 Å². The van der Waals surface area contributed by atoms with Gasteiger partial charge in [0.15, 0.2) is 0 Å². The molecule has 1 aromatic rings. The summed E-state index contributed by atoms with van der Waals surface area (Å²) >= 11 is 0. The van der Waals surface area contributed by atoms with Gasteiger partial charge in [-0.1, -0.05) is 0 Å². The molecule has 0 bridgehead atoms. The van der Waals surface area contributed by atoms with Crippen molar-refractivity contribution in [3.8, 4) is 0 Å². The lowest BCUT2D eigenvalue weighted by atomic mass is 10.2. The maximum Gasteiger partial charge on any atom is 0.0962 e. The molecule has 2 heterocycles. The molecule has 0 radical (unpaired) electrons. The summed E-state index contributed by atoms with van der Waals surface area (Å²) < 4.78 is 5.27. The van der Waals surface area contributed by atoms with Crippen LogP contribution in [-0.2, 0) is 4.74 Å². The lowest BCUT2D eigenvalue weighted by molar-refractivity contribution is 0.116. The lowest BCUT2D eigenvalue weighted by Gasteiger charge is -2.38. The van der Waals surface area contributed by atoms with E-state index in [2.05, 4.69) is 40.9 Å². The topological polar surface area (TPSA) is 28.6 Å². The molecule has 0 spiro atoms. The van der Waals surface area contributed by atoms with Crippen LogP contribution in [0, 0.1) is 0 Å². The fourth-order valence-corrected chi connectivity index (χ4v) is 2.23. The van der Waals surface area contributed by atoms with Crippen molar-refractivity contribution < 1.29 is 4.74 Å². The molecule has 0 unspecified atom stereocenters. The first kappa shape index (κ1) is 13.3. The number of methoxy groups -OCH3 is 1. The quantitative estimate of drug-likeness (QED) is 0.818. The van der Waals surface area contributed by atoms with E-state index in [1.54, 1.807) is 7.11 Å². The smallest absolute Gasteiger partial charge is 0.0962 e. The predicted molar refractivity (Wildman–Crippen MR) is 74.0 cm³/mol. The number of aromatic nitrogens is 1. The second-order valence-corrected chi connectivity index (χ2v) is 5.09. The Labute approximate surface area is 110 Å². The second-order valence-electron chi connectivity index (χ2n) is 5.09. The zero-order chi connectivity index (χ0) is 13.1. The zero-order valence-corrected chi connectivity index (χ0v) is 11.8. The average molecular weight is 249 g/mol. The molecule has 1 aromatic heterocycles. The average Bonchev–Trinajstić information content (AvgIpc) is 2.41. The Morgan fingerprint density at radius 3 is 2.72 bits per heavy atom. The van der Waals surface area contributed by atoms with Gasteiger partial charge in [0.05, 0.1) is 23.7 Å². The van der Waals surface area contributed by atoms with Crippen molar-refractivity contribution in [1.29, 1.82) is 0 Å². The Bertz CT molecular complexity index is 379. The fourth-order valence-electron chi connectivity index (χ4n) is 2.23. The number of pyridine rings is 1. The SMILES string of the molecule is CO[C@@H](C)c1ccc(N2CCN(C)[C@H](C)C2)cn1. The maximum atomic E-state index is 5.27. The van der Waals surface area contributed by atoms with Crippen molar-refractivity contribution in [2.45, 2.75) is 26.0 Å². The highest BCUT2D eigenvalue weighted by molar-refractivity contribution is 5.45. The van der Waals surface area contributed by atoms with Gasteiger partial charge in [0.2, 0.25) is 0 Å². The largest absolute Gasteiger partial charge is 0.375 e. The van der Waals surface area contributed by atoms with Crippen molar-refractivity contribution in [2.24, 2.45) is 0 Å². The lowest BCUT2D eigenvalue weighted by Crippen LogP contribution is -2.50. The van der Waals surface area contributed by atoms with E-state index in [1.165, 1.54) is 5.69 Å². The number of nitrogens with zero attached hydrogens (tertiary/aromatic N) is 3. The number of piperazine rings is 1. The molecule has 1 fully saturated rings. The normalized spacial score (nSPS) is 23.1. The molecule has 4 nitrogen and oxygen atoms in total. The highest BCUT2D eigenvalue weighted by Gasteiger charge is 2.21. The van der Waals surface area contributed by atoms with Gasteiger partial charge < -0.3 is 14.5 Å². The Morgan fingerprint density at radius 1 is 1.39 bits per heavy atom. The molecule has 0 aliphatic carbocycles. The molecule has 100 valence electrons. The molecule has 1 saturated heterocycles. The molecule has 0 aromatic carbocycles. The molecule has 4 heteroatoms. The van der Waals surface area contributed by atoms with Gasteiger partial charge in [-0.15, -0.1) is 0 Å². The molecule has 18 heavy (non-hydrogen) atoms. The van der Waals surface area contributed by atoms with E-state index in [-0.39, 0.29) is 6.10 Å². The monoisotopic (exact) mass is 249 g/mol. The highest BCUT2D eigenvalue weighted by atomic mass is 16.5. The van der Waals surface area contributed by atoms with E-state index in [0.717, 1.165) is 25.3 Å². The number of likely N-dealkylation sites (N-methyl/N-ethyl adjacent to an activating group) is 1. The van der Waals surface area contributed by atoms with Crippen LogP contribution in [0.2, 0.25) is 0 Å². The summed E-state index contributed by atoms with van der Waals surface area (Å²) in [5, 5.41) is 0. The molecule has 1 aliphatic rings. The summed E-state index contributed by atoms with van der Waals surface area (Å²) in [5.74, 6) is 0. The first-order valence-electron chi connectivity index (χ1n) is 6.55. The molecule has 2 atom stereocenters. The van der Waals surface area contributed by atoms with E-state index in [1.807, 2.05) is 13.1 Å². The van der Waals surface area contributed by atoms with Crippen molar-refractivity contribution in [1.82, 2.24) is 9.88 Å². The van der Waals surface area contributed by atoms with Crippen LogP contribution in [0.15, 0.2) is 18.3 Å². The van der Waals surface area contributed by atoms with E-state index in [9.17, 15) is 0 Å². The Morgan fingerprint density at radius 2 is 2.17 bits per heavy atom. The molecule has 2 rings (SSSR count). The minimum Gasteiger partial charge on any atom is -0.375 e. The van der Waals surface area contributed by atoms with E-state index >= 15 is 0 Å². The Hall–Kier alpha value is -1.13. The maximum absolute atomic E-state index is 5.27. The standard InChI is InChI=1S/C14H23N3O/c1-11-10-17(8-7-16(11)3)13-5-6-14(15-9-13)12(2)18-4/h5-6,9,11-12H,7-8,10H2,1-4H3/t11-,12+/m1/s1. The molecule has 0 saturated carbocycles. The third-order valence-corrected chi connectivity index (χ3v) is 3.87. The minimum absolute atomic E-state index is 0.0606. The Balaban J connectivity index is 2.06. The molecule has 1 aliphatic heterocycles. The van der Waals surface area contributed by atoms with Gasteiger partial charge in [-0.05, 0) is 33.0 Å². The van der Waals surface area contributed by atoms with Crippen molar-refractivity contribution in [3.63, 3.8) is 0 Å². The van der Waals surface area contributed by atoms with Crippen LogP contribution in [0.5, 0.6) is 0 Å².